The summed E-state index contributed by atoms with van der Waals surface area (Å²) in [6.07, 6.45) is -1.53. The standard InChI is InChI=1S/C24H22O6/c1-17(27-21-9-5-3-6-10-21)29-23(25)19-13-15-20(16-14-19)24(26)30-18(2)28-22-11-7-4-8-12-22/h3-18H,1-2H3. The van der Waals surface area contributed by atoms with E-state index in [-0.39, 0.29) is 0 Å². The first kappa shape index (κ1) is 20.9. The molecular weight excluding hydrogens is 384 g/mol. The summed E-state index contributed by atoms with van der Waals surface area (Å²) >= 11 is 0. The molecule has 2 unspecified atom stereocenters. The SMILES string of the molecule is CC(OC(=O)c1ccc(C(=O)OC(C)Oc2ccccc2)cc1)Oc1ccccc1. The number of esters is 2. The fraction of sp³-hybridized carbons (Fsp3) is 0.167. The monoisotopic (exact) mass is 406 g/mol. The molecule has 0 spiro atoms. The summed E-state index contributed by atoms with van der Waals surface area (Å²) in [5, 5.41) is 0. The molecule has 30 heavy (non-hydrogen) atoms. The second-order valence-electron chi connectivity index (χ2n) is 6.39. The lowest BCUT2D eigenvalue weighted by Crippen LogP contribution is -2.22. The first-order valence-electron chi connectivity index (χ1n) is 9.46. The van der Waals surface area contributed by atoms with Crippen LogP contribution in [0.3, 0.4) is 0 Å². The Labute approximate surface area is 175 Å². The van der Waals surface area contributed by atoms with Crippen molar-refractivity contribution in [2.75, 3.05) is 0 Å². The van der Waals surface area contributed by atoms with Crippen molar-refractivity contribution in [2.24, 2.45) is 0 Å². The van der Waals surface area contributed by atoms with Gasteiger partial charge in [-0.3, -0.25) is 0 Å². The normalized spacial score (nSPS) is 12.3. The van der Waals surface area contributed by atoms with Crippen LogP contribution in [-0.2, 0) is 9.47 Å². The predicted molar refractivity (Wildman–Crippen MR) is 110 cm³/mol. The number of para-hydroxylation sites is 2. The zero-order valence-corrected chi connectivity index (χ0v) is 16.7. The lowest BCUT2D eigenvalue weighted by Gasteiger charge is -2.16. The fourth-order valence-electron chi connectivity index (χ4n) is 2.61. The lowest BCUT2D eigenvalue weighted by molar-refractivity contribution is -0.0385. The molecule has 0 heterocycles. The van der Waals surface area contributed by atoms with Gasteiger partial charge in [-0.15, -0.1) is 0 Å². The van der Waals surface area contributed by atoms with Crippen LogP contribution in [-0.4, -0.2) is 24.5 Å². The van der Waals surface area contributed by atoms with E-state index < -0.39 is 24.5 Å². The van der Waals surface area contributed by atoms with Gasteiger partial charge in [0, 0.05) is 13.8 Å². The summed E-state index contributed by atoms with van der Waals surface area (Å²) in [4.78, 5) is 24.5. The Kier molecular flexibility index (Phi) is 7.05. The van der Waals surface area contributed by atoms with Crippen molar-refractivity contribution in [3.8, 4) is 11.5 Å². The maximum absolute atomic E-state index is 12.3. The molecular formula is C24H22O6. The van der Waals surface area contributed by atoms with E-state index in [0.29, 0.717) is 22.6 Å². The number of benzene rings is 3. The Bertz CT molecular complexity index is 874. The second kappa shape index (κ2) is 10.1. The second-order valence-corrected chi connectivity index (χ2v) is 6.39. The molecule has 0 aliphatic rings. The highest BCUT2D eigenvalue weighted by molar-refractivity contribution is 5.93. The van der Waals surface area contributed by atoms with Crippen LogP contribution in [0.2, 0.25) is 0 Å². The van der Waals surface area contributed by atoms with Gasteiger partial charge in [0.1, 0.15) is 11.5 Å². The van der Waals surface area contributed by atoms with Crippen molar-refractivity contribution in [1.29, 1.82) is 0 Å². The van der Waals surface area contributed by atoms with Gasteiger partial charge in [-0.1, -0.05) is 36.4 Å². The highest BCUT2D eigenvalue weighted by atomic mass is 16.7. The summed E-state index contributed by atoms with van der Waals surface area (Å²) in [5.41, 5.74) is 0.590. The zero-order valence-electron chi connectivity index (χ0n) is 16.7. The Morgan fingerprint density at radius 3 is 1.23 bits per heavy atom. The van der Waals surface area contributed by atoms with E-state index in [1.54, 1.807) is 38.1 Å². The third-order valence-corrected chi connectivity index (χ3v) is 3.99. The van der Waals surface area contributed by atoms with Gasteiger partial charge in [0.15, 0.2) is 0 Å². The van der Waals surface area contributed by atoms with Crippen LogP contribution in [0.1, 0.15) is 34.6 Å². The molecule has 0 saturated carbocycles. The minimum Gasteiger partial charge on any atom is -0.455 e. The minimum absolute atomic E-state index is 0.295. The van der Waals surface area contributed by atoms with Crippen molar-refractivity contribution in [3.63, 3.8) is 0 Å². The number of hydrogen-bond acceptors (Lipinski definition) is 6. The maximum Gasteiger partial charge on any atom is 0.341 e. The minimum atomic E-state index is -0.763. The van der Waals surface area contributed by atoms with Crippen molar-refractivity contribution < 1.29 is 28.5 Å². The van der Waals surface area contributed by atoms with Gasteiger partial charge >= 0.3 is 11.9 Å². The number of ether oxygens (including phenoxy) is 4. The molecule has 2 atom stereocenters. The maximum atomic E-state index is 12.3. The van der Waals surface area contributed by atoms with Gasteiger partial charge in [0.25, 0.3) is 0 Å². The van der Waals surface area contributed by atoms with Crippen molar-refractivity contribution >= 4 is 11.9 Å². The van der Waals surface area contributed by atoms with E-state index in [1.165, 1.54) is 24.3 Å². The summed E-state index contributed by atoms with van der Waals surface area (Å²) in [6, 6.07) is 24.1. The molecule has 3 aromatic rings. The highest BCUT2D eigenvalue weighted by Gasteiger charge is 2.16. The molecule has 0 N–H and O–H groups in total. The van der Waals surface area contributed by atoms with Crippen molar-refractivity contribution in [3.05, 3.63) is 96.1 Å². The van der Waals surface area contributed by atoms with Crippen LogP contribution in [0, 0.1) is 0 Å². The molecule has 0 radical (unpaired) electrons. The van der Waals surface area contributed by atoms with E-state index in [1.807, 2.05) is 36.4 Å². The molecule has 0 bridgehead atoms. The third kappa shape index (κ3) is 6.10. The predicted octanol–water partition coefficient (Wildman–Crippen LogP) is 4.85. The fourth-order valence-corrected chi connectivity index (χ4v) is 2.61. The smallest absolute Gasteiger partial charge is 0.341 e. The van der Waals surface area contributed by atoms with Gasteiger partial charge in [-0.25, -0.2) is 9.59 Å². The quantitative estimate of drug-likeness (QED) is 0.393. The van der Waals surface area contributed by atoms with Gasteiger partial charge < -0.3 is 18.9 Å². The van der Waals surface area contributed by atoms with Gasteiger partial charge in [-0.05, 0) is 48.5 Å². The van der Waals surface area contributed by atoms with Gasteiger partial charge in [0.2, 0.25) is 12.6 Å². The summed E-state index contributed by atoms with van der Waals surface area (Å²) in [5.74, 6) is 0.0868. The number of carbonyl (C=O) groups is 2. The number of hydrogen-bond donors (Lipinski definition) is 0. The summed E-state index contributed by atoms with van der Waals surface area (Å²) < 4.78 is 21.6. The molecule has 6 nitrogen and oxygen atoms in total. The van der Waals surface area contributed by atoms with Crippen LogP contribution in [0.25, 0.3) is 0 Å². The van der Waals surface area contributed by atoms with Crippen LogP contribution in [0.15, 0.2) is 84.9 Å². The average molecular weight is 406 g/mol. The van der Waals surface area contributed by atoms with E-state index in [0.717, 1.165) is 0 Å². The van der Waals surface area contributed by atoms with Crippen LogP contribution in [0.4, 0.5) is 0 Å². The zero-order chi connectivity index (χ0) is 21.3. The van der Waals surface area contributed by atoms with Crippen LogP contribution < -0.4 is 9.47 Å². The van der Waals surface area contributed by atoms with Gasteiger partial charge in [-0.2, -0.15) is 0 Å². The molecule has 0 saturated heterocycles. The average Bonchev–Trinajstić information content (AvgIpc) is 2.75. The lowest BCUT2D eigenvalue weighted by atomic mass is 10.1. The number of carbonyl (C=O) groups excluding carboxylic acids is 2. The molecule has 0 aromatic heterocycles. The van der Waals surface area contributed by atoms with Crippen molar-refractivity contribution in [2.45, 2.75) is 26.4 Å². The Morgan fingerprint density at radius 2 is 0.900 bits per heavy atom. The Morgan fingerprint density at radius 1 is 0.567 bits per heavy atom. The topological polar surface area (TPSA) is 71.1 Å². The van der Waals surface area contributed by atoms with E-state index in [2.05, 4.69) is 0 Å². The molecule has 3 aromatic carbocycles. The van der Waals surface area contributed by atoms with E-state index in [4.69, 9.17) is 18.9 Å². The first-order chi connectivity index (χ1) is 14.5. The molecule has 0 fully saturated rings. The van der Waals surface area contributed by atoms with Crippen LogP contribution in [0.5, 0.6) is 11.5 Å². The van der Waals surface area contributed by atoms with Crippen molar-refractivity contribution in [1.82, 2.24) is 0 Å². The molecule has 154 valence electrons. The van der Waals surface area contributed by atoms with E-state index in [9.17, 15) is 9.59 Å². The number of rotatable bonds is 8. The van der Waals surface area contributed by atoms with Gasteiger partial charge in [0.05, 0.1) is 11.1 Å². The largest absolute Gasteiger partial charge is 0.455 e. The Balaban J connectivity index is 1.52. The summed E-state index contributed by atoms with van der Waals surface area (Å²) in [6.45, 7) is 3.26. The molecule has 0 aliphatic heterocycles. The van der Waals surface area contributed by atoms with E-state index >= 15 is 0 Å². The Hall–Kier alpha value is -3.80. The van der Waals surface area contributed by atoms with Crippen LogP contribution >= 0.6 is 0 Å². The summed E-state index contributed by atoms with van der Waals surface area (Å²) in [7, 11) is 0. The first-order valence-corrected chi connectivity index (χ1v) is 9.46. The molecule has 0 amide bonds. The molecule has 3 rings (SSSR count). The highest BCUT2D eigenvalue weighted by Crippen LogP contribution is 2.15. The molecule has 0 aliphatic carbocycles. The third-order valence-electron chi connectivity index (χ3n) is 3.99. The molecule has 6 heteroatoms.